The number of carbonyl (C=O) groups is 2. The number of nitrogens with zero attached hydrogens (tertiary/aromatic N) is 1. The van der Waals surface area contributed by atoms with Crippen LogP contribution in [-0.4, -0.2) is 22.2 Å². The number of phenols is 1. The summed E-state index contributed by atoms with van der Waals surface area (Å²) < 4.78 is 12.2. The van der Waals surface area contributed by atoms with Crippen LogP contribution in [0.1, 0.15) is 35.9 Å². The quantitative estimate of drug-likeness (QED) is 0.255. The van der Waals surface area contributed by atoms with Crippen molar-refractivity contribution in [1.82, 2.24) is 0 Å². The standard InChI is InChI=1S/C22H19Br2NO3.C7H6O3/c1-22(2)17(12-19(23)24)20(22)21(26)28-18(13-25)14-7-6-10-16(11-14)27-15-8-4-3-5-9-15;8-6-3-1-5(2-4-6)7(9)10/h3-12,17-18,20H,1-2H3;1-4,8H,(H,9,10)/t17-,18+,20-;/m0./s1. The number of aromatic hydroxyl groups is 1. The maximum absolute atomic E-state index is 12.7. The number of aromatic carboxylic acids is 1. The molecule has 1 aliphatic carbocycles. The van der Waals surface area contributed by atoms with E-state index in [0.29, 0.717) is 17.1 Å². The second-order valence-electron chi connectivity index (χ2n) is 9.07. The Bertz CT molecular complexity index is 1350. The molecule has 0 amide bonds. The number of hydrogen-bond acceptors (Lipinski definition) is 6. The van der Waals surface area contributed by atoms with Gasteiger partial charge in [0.15, 0.2) is 0 Å². The molecule has 0 heterocycles. The van der Waals surface area contributed by atoms with E-state index in [1.54, 1.807) is 24.3 Å². The van der Waals surface area contributed by atoms with E-state index >= 15 is 0 Å². The Morgan fingerprint density at radius 3 is 2.21 bits per heavy atom. The third-order valence-corrected chi connectivity index (χ3v) is 6.60. The summed E-state index contributed by atoms with van der Waals surface area (Å²) in [5.41, 5.74) is 0.552. The molecule has 0 spiro atoms. The van der Waals surface area contributed by atoms with Gasteiger partial charge in [0.25, 0.3) is 0 Å². The first-order valence-corrected chi connectivity index (χ1v) is 13.1. The molecular formula is C29H25Br2NO6. The molecule has 1 saturated carbocycles. The molecule has 0 unspecified atom stereocenters. The average molecular weight is 643 g/mol. The fourth-order valence-corrected chi connectivity index (χ4v) is 4.47. The number of para-hydroxylation sites is 1. The van der Waals surface area contributed by atoms with Gasteiger partial charge in [0.05, 0.1) is 14.9 Å². The van der Waals surface area contributed by atoms with Gasteiger partial charge in [-0.1, -0.05) is 50.3 Å². The zero-order chi connectivity index (χ0) is 27.9. The van der Waals surface area contributed by atoms with Crippen molar-refractivity contribution in [1.29, 1.82) is 5.26 Å². The van der Waals surface area contributed by atoms with Gasteiger partial charge in [-0.05, 0) is 91.7 Å². The van der Waals surface area contributed by atoms with Crippen molar-refractivity contribution >= 4 is 43.8 Å². The van der Waals surface area contributed by atoms with Crippen LogP contribution in [0.5, 0.6) is 17.2 Å². The zero-order valence-corrected chi connectivity index (χ0v) is 23.7. The van der Waals surface area contributed by atoms with Crippen LogP contribution < -0.4 is 4.74 Å². The Hall–Kier alpha value is -3.61. The number of halogens is 2. The normalized spacial score (nSPS) is 17.4. The first kappa shape index (κ1) is 29.0. The van der Waals surface area contributed by atoms with E-state index in [1.165, 1.54) is 24.3 Å². The van der Waals surface area contributed by atoms with Crippen molar-refractivity contribution in [3.05, 3.63) is 99.5 Å². The number of nitriles is 1. The third kappa shape index (κ3) is 7.70. The summed E-state index contributed by atoms with van der Waals surface area (Å²) in [6.07, 6.45) is 0.960. The lowest BCUT2D eigenvalue weighted by molar-refractivity contribution is -0.149. The second-order valence-corrected chi connectivity index (χ2v) is 11.8. The highest BCUT2D eigenvalue weighted by atomic mass is 79.9. The molecule has 0 radical (unpaired) electrons. The smallest absolute Gasteiger partial charge is 0.335 e. The van der Waals surface area contributed by atoms with Gasteiger partial charge in [-0.15, -0.1) is 0 Å². The lowest BCUT2D eigenvalue weighted by Crippen LogP contribution is -2.14. The summed E-state index contributed by atoms with van der Waals surface area (Å²) in [5.74, 6) is -0.230. The molecule has 1 fully saturated rings. The van der Waals surface area contributed by atoms with Gasteiger partial charge in [0, 0.05) is 5.56 Å². The Morgan fingerprint density at radius 1 is 1.00 bits per heavy atom. The number of benzene rings is 3. The highest BCUT2D eigenvalue weighted by Crippen LogP contribution is 2.60. The van der Waals surface area contributed by atoms with Crippen LogP contribution in [0.2, 0.25) is 0 Å². The van der Waals surface area contributed by atoms with E-state index < -0.39 is 12.1 Å². The lowest BCUT2D eigenvalue weighted by Gasteiger charge is -2.13. The molecule has 3 atom stereocenters. The number of ether oxygens (including phenoxy) is 2. The van der Waals surface area contributed by atoms with E-state index in [1.807, 2.05) is 50.3 Å². The van der Waals surface area contributed by atoms with Gasteiger partial charge in [-0.25, -0.2) is 4.79 Å². The van der Waals surface area contributed by atoms with Crippen LogP contribution in [0, 0.1) is 28.6 Å². The van der Waals surface area contributed by atoms with Crippen molar-refractivity contribution in [3.63, 3.8) is 0 Å². The predicted octanol–water partition coefficient (Wildman–Crippen LogP) is 7.58. The van der Waals surface area contributed by atoms with Crippen LogP contribution >= 0.6 is 31.9 Å². The van der Waals surface area contributed by atoms with Crippen molar-refractivity contribution < 1.29 is 29.3 Å². The maximum atomic E-state index is 12.7. The van der Waals surface area contributed by atoms with Crippen molar-refractivity contribution in [2.45, 2.75) is 20.0 Å². The van der Waals surface area contributed by atoms with Gasteiger partial charge >= 0.3 is 11.9 Å². The van der Waals surface area contributed by atoms with Crippen LogP contribution in [0.25, 0.3) is 0 Å². The van der Waals surface area contributed by atoms with Crippen LogP contribution in [0.3, 0.4) is 0 Å². The summed E-state index contributed by atoms with van der Waals surface area (Å²) in [6, 6.07) is 23.8. The summed E-state index contributed by atoms with van der Waals surface area (Å²) in [6.45, 7) is 4.03. The number of carbonyl (C=O) groups excluding carboxylic acids is 1. The minimum atomic E-state index is -0.986. The number of esters is 1. The van der Waals surface area contributed by atoms with Crippen molar-refractivity contribution in [3.8, 4) is 23.3 Å². The van der Waals surface area contributed by atoms with Gasteiger partial charge in [-0.2, -0.15) is 5.26 Å². The largest absolute Gasteiger partial charge is 0.508 e. The van der Waals surface area contributed by atoms with Gasteiger partial charge in [0.1, 0.15) is 23.3 Å². The molecule has 4 rings (SSSR count). The third-order valence-electron chi connectivity index (χ3n) is 6.08. The van der Waals surface area contributed by atoms with Gasteiger partial charge < -0.3 is 19.7 Å². The van der Waals surface area contributed by atoms with E-state index in [9.17, 15) is 14.9 Å². The number of hydrogen-bond donors (Lipinski definition) is 2. The summed E-state index contributed by atoms with van der Waals surface area (Å²) in [4.78, 5) is 22.9. The Morgan fingerprint density at radius 2 is 1.63 bits per heavy atom. The average Bonchev–Trinajstić information content (AvgIpc) is 3.42. The number of allylic oxidation sites excluding steroid dienone is 1. The number of rotatable bonds is 7. The molecule has 7 nitrogen and oxygen atoms in total. The fraction of sp³-hybridized carbons (Fsp3) is 0.207. The molecule has 2 N–H and O–H groups in total. The number of phenolic OH excluding ortho intramolecular Hbond substituents is 1. The van der Waals surface area contributed by atoms with Crippen molar-refractivity contribution in [2.24, 2.45) is 17.3 Å². The van der Waals surface area contributed by atoms with E-state index in [-0.39, 0.29) is 34.5 Å². The SMILES string of the molecule is CC1(C)[C@H](C(=O)O[C@H](C#N)c2cccc(Oc3ccccc3)c2)[C@@H]1C=C(Br)Br.O=C(O)c1ccc(O)cc1. The molecule has 38 heavy (non-hydrogen) atoms. The molecule has 0 aliphatic heterocycles. The van der Waals surface area contributed by atoms with Gasteiger partial charge in [0.2, 0.25) is 6.10 Å². The zero-order valence-electron chi connectivity index (χ0n) is 20.5. The highest BCUT2D eigenvalue weighted by Gasteiger charge is 2.61. The molecule has 3 aromatic carbocycles. The summed E-state index contributed by atoms with van der Waals surface area (Å²) in [5, 5.41) is 26.7. The first-order valence-electron chi connectivity index (χ1n) is 11.5. The monoisotopic (exact) mass is 641 g/mol. The minimum Gasteiger partial charge on any atom is -0.508 e. The van der Waals surface area contributed by atoms with Crippen LogP contribution in [0.4, 0.5) is 0 Å². The molecule has 0 bridgehead atoms. The summed E-state index contributed by atoms with van der Waals surface area (Å²) >= 11 is 6.68. The molecule has 0 saturated heterocycles. The number of carboxylic acid groups (broad SMARTS) is 1. The second kappa shape index (κ2) is 12.8. The fourth-order valence-electron chi connectivity index (χ4n) is 3.90. The van der Waals surface area contributed by atoms with Crippen LogP contribution in [-0.2, 0) is 9.53 Å². The molecule has 1 aliphatic rings. The molecule has 9 heteroatoms. The molecule has 0 aromatic heterocycles. The van der Waals surface area contributed by atoms with E-state index in [0.717, 1.165) is 3.39 Å². The highest BCUT2D eigenvalue weighted by molar-refractivity contribution is 9.28. The van der Waals surface area contributed by atoms with E-state index in [4.69, 9.17) is 19.7 Å². The van der Waals surface area contributed by atoms with Crippen LogP contribution in [0.15, 0.2) is 88.3 Å². The summed E-state index contributed by atoms with van der Waals surface area (Å²) in [7, 11) is 0. The Balaban J connectivity index is 0.000000336. The maximum Gasteiger partial charge on any atom is 0.335 e. The predicted molar refractivity (Wildman–Crippen MR) is 149 cm³/mol. The lowest BCUT2D eigenvalue weighted by atomic mass is 10.1. The van der Waals surface area contributed by atoms with E-state index in [2.05, 4.69) is 37.9 Å². The van der Waals surface area contributed by atoms with Crippen molar-refractivity contribution in [2.75, 3.05) is 0 Å². The molecule has 196 valence electrons. The number of carboxylic acids is 1. The topological polar surface area (TPSA) is 117 Å². The Labute approximate surface area is 237 Å². The minimum absolute atomic E-state index is 0.0563. The molecular weight excluding hydrogens is 618 g/mol. The molecule has 3 aromatic rings. The Kier molecular flexibility index (Phi) is 9.72. The van der Waals surface area contributed by atoms with Gasteiger partial charge in [-0.3, -0.25) is 4.79 Å². The first-order chi connectivity index (χ1) is 18.0.